The van der Waals surface area contributed by atoms with E-state index in [-0.39, 0.29) is 22.6 Å². The Kier molecular flexibility index (Phi) is 11.9. The fraction of sp³-hybridized carbons (Fsp3) is 0.432. The fourth-order valence-corrected chi connectivity index (χ4v) is 7.91. The lowest BCUT2D eigenvalue weighted by molar-refractivity contribution is -0.141. The minimum atomic E-state index is -4.97. The van der Waals surface area contributed by atoms with Gasteiger partial charge >= 0.3 is 12.3 Å². The number of anilines is 2. The van der Waals surface area contributed by atoms with Crippen LogP contribution in [0.3, 0.4) is 0 Å². The van der Waals surface area contributed by atoms with Crippen molar-refractivity contribution < 1.29 is 36.8 Å². The number of amides is 2. The van der Waals surface area contributed by atoms with Crippen molar-refractivity contribution in [3.05, 3.63) is 107 Å². The minimum absolute atomic E-state index is 0.00572. The first kappa shape index (κ1) is 44.5. The molecule has 1 unspecified atom stereocenters. The number of carbonyl (C=O) groups excluding carboxylic acids is 1. The van der Waals surface area contributed by atoms with Gasteiger partial charge < -0.3 is 15.0 Å². The molecule has 2 aromatic carbocycles. The summed E-state index contributed by atoms with van der Waals surface area (Å²) in [7, 11) is 0. The summed E-state index contributed by atoms with van der Waals surface area (Å²) in [5, 5.41) is 17.5. The van der Waals surface area contributed by atoms with Crippen molar-refractivity contribution in [1.82, 2.24) is 24.5 Å². The topological polar surface area (TPSA) is 148 Å². The second-order valence-electron chi connectivity index (χ2n) is 18.4. The largest absolute Gasteiger partial charge is 0.598 e. The van der Waals surface area contributed by atoms with Crippen LogP contribution in [0.1, 0.15) is 121 Å². The monoisotopic (exact) mass is 849 g/mol. The molecule has 2 amide bonds. The van der Waals surface area contributed by atoms with Crippen LogP contribution < -0.4 is 14.9 Å². The van der Waals surface area contributed by atoms with E-state index in [2.05, 4.69) is 20.1 Å². The van der Waals surface area contributed by atoms with Crippen LogP contribution in [-0.4, -0.2) is 51.7 Å². The third-order valence-electron chi connectivity index (χ3n) is 10.4. The third kappa shape index (κ3) is 9.45. The summed E-state index contributed by atoms with van der Waals surface area (Å²) in [6.07, 6.45) is 0.269. The molecule has 11 nitrogen and oxygen atoms in total. The van der Waals surface area contributed by atoms with Gasteiger partial charge in [0, 0.05) is 51.9 Å². The maximum absolute atomic E-state index is 15.8. The van der Waals surface area contributed by atoms with Crippen LogP contribution >= 0.6 is 0 Å². The number of pyridine rings is 2. The van der Waals surface area contributed by atoms with Gasteiger partial charge in [-0.25, -0.2) is 18.9 Å². The van der Waals surface area contributed by atoms with Crippen molar-refractivity contribution in [2.24, 2.45) is 5.92 Å². The molecule has 0 spiro atoms. The van der Waals surface area contributed by atoms with Crippen LogP contribution in [0.4, 0.5) is 33.9 Å². The van der Waals surface area contributed by atoms with Crippen LogP contribution in [-0.2, 0) is 28.5 Å². The van der Waals surface area contributed by atoms with Gasteiger partial charge in [-0.1, -0.05) is 45.7 Å². The number of halogens is 4. The Hall–Kier alpha value is -5.06. The predicted octanol–water partition coefficient (Wildman–Crippen LogP) is 10.3. The lowest BCUT2D eigenvalue weighted by Gasteiger charge is -2.38. The highest BCUT2D eigenvalue weighted by molar-refractivity contribution is 7.90. The Morgan fingerprint density at radius 1 is 0.900 bits per heavy atom. The number of hydrogen-bond donors (Lipinski definition) is 3. The molecule has 1 fully saturated rings. The van der Waals surface area contributed by atoms with Crippen molar-refractivity contribution in [2.75, 3.05) is 10.2 Å². The van der Waals surface area contributed by atoms with E-state index in [0.717, 1.165) is 34.9 Å². The Bertz CT molecular complexity index is 2400. The van der Waals surface area contributed by atoms with Gasteiger partial charge in [-0.15, -0.1) is 4.72 Å². The number of hydrogen-bond acceptors (Lipinski definition) is 7. The maximum Gasteiger partial charge on any atom is 0.435 e. The van der Waals surface area contributed by atoms with Gasteiger partial charge in [0.1, 0.15) is 27.6 Å². The highest BCUT2D eigenvalue weighted by Crippen LogP contribution is 2.43. The number of nitrogens with zero attached hydrogens (tertiary/aromatic N) is 5. The zero-order valence-electron chi connectivity index (χ0n) is 35.2. The van der Waals surface area contributed by atoms with Gasteiger partial charge in [0.25, 0.3) is 5.91 Å². The second-order valence-corrected chi connectivity index (χ2v) is 20.3. The molecule has 60 heavy (non-hydrogen) atoms. The molecule has 0 aliphatic heterocycles. The number of carboxylic acid groups (broad SMARTS) is 1. The van der Waals surface area contributed by atoms with Gasteiger partial charge in [-0.2, -0.15) is 18.3 Å². The third-order valence-corrected chi connectivity index (χ3v) is 12.1. The molecule has 3 N–H and O–H groups in total. The first-order chi connectivity index (χ1) is 27.8. The molecule has 2 atom stereocenters. The summed E-state index contributed by atoms with van der Waals surface area (Å²) in [5.41, 5.74) is -3.14. The number of aromatic nitrogens is 4. The van der Waals surface area contributed by atoms with Gasteiger partial charge in [-0.05, 0) is 119 Å². The summed E-state index contributed by atoms with van der Waals surface area (Å²) in [5.74, 6) is -1.45. The molecular weight excluding hydrogens is 799 g/mol. The molecule has 5 aromatic rings. The lowest BCUT2D eigenvalue weighted by Crippen LogP contribution is -2.52. The molecule has 1 saturated carbocycles. The molecule has 1 aliphatic rings. The molecule has 0 bridgehead atoms. The number of carbonyl (C=O) groups is 2. The Morgan fingerprint density at radius 3 is 2.13 bits per heavy atom. The quantitative estimate of drug-likeness (QED) is 0.0879. The molecule has 6 rings (SSSR count). The summed E-state index contributed by atoms with van der Waals surface area (Å²) >= 11 is -1.62. The molecule has 320 valence electrons. The molecule has 0 radical (unpaired) electrons. The number of nitrogens with one attached hydrogen (secondary N) is 2. The average Bonchev–Trinajstić information content (AvgIpc) is 3.86. The van der Waals surface area contributed by atoms with Gasteiger partial charge in [0.05, 0.1) is 11.4 Å². The maximum atomic E-state index is 15.8. The van der Waals surface area contributed by atoms with E-state index in [1.54, 1.807) is 63.5 Å². The van der Waals surface area contributed by atoms with Crippen LogP contribution in [0.15, 0.2) is 73.1 Å². The molecule has 16 heteroatoms. The van der Waals surface area contributed by atoms with E-state index < -0.39 is 68.0 Å². The van der Waals surface area contributed by atoms with E-state index in [1.165, 1.54) is 18.2 Å². The van der Waals surface area contributed by atoms with E-state index in [1.807, 2.05) is 41.5 Å². The van der Waals surface area contributed by atoms with Crippen LogP contribution in [0, 0.1) is 11.7 Å². The highest BCUT2D eigenvalue weighted by Gasteiger charge is 2.44. The molecule has 3 aromatic heterocycles. The molecular formula is C44H51F4N7O4S. The van der Waals surface area contributed by atoms with E-state index >= 15 is 4.39 Å². The summed E-state index contributed by atoms with van der Waals surface area (Å²) in [6, 6.07) is 14.5. The van der Waals surface area contributed by atoms with Crippen LogP contribution in [0.5, 0.6) is 0 Å². The first-order valence-electron chi connectivity index (χ1n) is 19.7. The van der Waals surface area contributed by atoms with Crippen molar-refractivity contribution in [3.63, 3.8) is 0 Å². The molecule has 0 saturated heterocycles. The van der Waals surface area contributed by atoms with E-state index in [4.69, 9.17) is 4.98 Å². The first-order valence-corrected chi connectivity index (χ1v) is 20.8. The Morgan fingerprint density at radius 2 is 1.57 bits per heavy atom. The van der Waals surface area contributed by atoms with E-state index in [9.17, 15) is 32.4 Å². The highest BCUT2D eigenvalue weighted by atomic mass is 32.2. The zero-order valence-corrected chi connectivity index (χ0v) is 36.0. The SMILES string of the molecule is CC(C)(C)c1cc2ccc(-n3nc(C(F)(F)F)cc3C(=O)Nc3cc(C(CCC4CC4)(N[S@+]([O-])C(C)(C)C)c4ccncc4)ccc3F)cc2c(N(C(=O)O)C(C)(C)C)n1. The summed E-state index contributed by atoms with van der Waals surface area (Å²) in [6.45, 7) is 16.3. The molecule has 3 heterocycles. The second kappa shape index (κ2) is 16.1. The summed E-state index contributed by atoms with van der Waals surface area (Å²) in [4.78, 5) is 36.9. The summed E-state index contributed by atoms with van der Waals surface area (Å²) < 4.78 is 76.1. The normalized spacial score (nSPS) is 15.4. The van der Waals surface area contributed by atoms with Crippen molar-refractivity contribution >= 4 is 45.6 Å². The Balaban J connectivity index is 1.48. The fourth-order valence-electron chi connectivity index (χ4n) is 6.95. The van der Waals surface area contributed by atoms with Gasteiger partial charge in [0.15, 0.2) is 5.69 Å². The van der Waals surface area contributed by atoms with Crippen molar-refractivity contribution in [1.29, 1.82) is 0 Å². The number of benzene rings is 2. The number of alkyl halides is 3. The average molecular weight is 850 g/mol. The Labute approximate surface area is 350 Å². The predicted molar refractivity (Wildman–Crippen MR) is 225 cm³/mol. The van der Waals surface area contributed by atoms with E-state index in [0.29, 0.717) is 40.6 Å². The van der Waals surface area contributed by atoms with Gasteiger partial charge in [-0.3, -0.25) is 14.7 Å². The van der Waals surface area contributed by atoms with Crippen molar-refractivity contribution in [2.45, 2.75) is 115 Å². The minimum Gasteiger partial charge on any atom is -0.598 e. The smallest absolute Gasteiger partial charge is 0.435 e. The number of rotatable bonds is 11. The standard InChI is InChI=1S/C44H51F4N7O4S/c1-40(2,3)35-22-27-12-14-30(24-31(27)37(51-35)54(39(57)58)41(4,5)6)55-34(25-36(52-55)44(46,47)48)38(56)50-33-23-29(13-15-32(33)45)43(19-16-26-10-11-26,28-17-20-49-21-18-28)53-60(59)42(7,8)9/h12-15,17-18,20-26,53H,10-11,16,19H2,1-9H3,(H,50,56)(H,57,58)/t43?,60-/m1/s1. The van der Waals surface area contributed by atoms with Crippen LogP contribution in [0.25, 0.3) is 16.5 Å². The van der Waals surface area contributed by atoms with Gasteiger partial charge in [0.2, 0.25) is 0 Å². The number of fused-ring (bicyclic) bond motifs is 1. The van der Waals surface area contributed by atoms with Crippen LogP contribution in [0.2, 0.25) is 0 Å². The van der Waals surface area contributed by atoms with Crippen molar-refractivity contribution in [3.8, 4) is 5.69 Å². The molecule has 1 aliphatic carbocycles. The zero-order chi connectivity index (χ0) is 44.2. The lowest BCUT2D eigenvalue weighted by atomic mass is 9.79.